The van der Waals surface area contributed by atoms with Crippen molar-refractivity contribution in [2.24, 2.45) is 0 Å². The summed E-state index contributed by atoms with van der Waals surface area (Å²) in [7, 11) is 0. The largest absolute Gasteiger partial charge is 0.289 e. The summed E-state index contributed by atoms with van der Waals surface area (Å²) in [6.45, 7) is 0. The SMILES string of the molecule is O=C(Cc1ccc(F)cc1)NNC(=O)c1cc2c(nc3sccn32)s1. The normalized spacial score (nSPS) is 11.1. The molecule has 0 aliphatic rings. The topological polar surface area (TPSA) is 75.5 Å². The van der Waals surface area contributed by atoms with Crippen LogP contribution >= 0.6 is 22.7 Å². The van der Waals surface area contributed by atoms with Gasteiger partial charge in [0, 0.05) is 11.6 Å². The van der Waals surface area contributed by atoms with Crippen molar-refractivity contribution in [2.45, 2.75) is 6.42 Å². The van der Waals surface area contributed by atoms with Crippen molar-refractivity contribution >= 4 is 49.8 Å². The Hall–Kier alpha value is -2.78. The summed E-state index contributed by atoms with van der Waals surface area (Å²) in [5.74, 6) is -1.15. The molecule has 9 heteroatoms. The first-order valence-electron chi connectivity index (χ1n) is 7.29. The van der Waals surface area contributed by atoms with Crippen molar-refractivity contribution in [1.29, 1.82) is 0 Å². The Balaban J connectivity index is 1.40. The molecular formula is C16H11FN4O2S2. The number of carbonyl (C=O) groups is 2. The summed E-state index contributed by atoms with van der Waals surface area (Å²) in [6.07, 6.45) is 1.94. The second-order valence-corrected chi connectivity index (χ2v) is 7.18. The average Bonchev–Trinajstić information content (AvgIpc) is 3.26. The zero-order valence-electron chi connectivity index (χ0n) is 12.7. The summed E-state index contributed by atoms with van der Waals surface area (Å²) in [4.78, 5) is 30.6. The van der Waals surface area contributed by atoms with Crippen LogP contribution in [0.5, 0.6) is 0 Å². The minimum atomic E-state index is -0.403. The van der Waals surface area contributed by atoms with Gasteiger partial charge in [0.1, 0.15) is 10.6 Å². The van der Waals surface area contributed by atoms with Gasteiger partial charge in [0.25, 0.3) is 5.91 Å². The van der Waals surface area contributed by atoms with Gasteiger partial charge in [-0.15, -0.1) is 22.7 Å². The van der Waals surface area contributed by atoms with Gasteiger partial charge < -0.3 is 0 Å². The second-order valence-electron chi connectivity index (χ2n) is 5.27. The van der Waals surface area contributed by atoms with E-state index in [1.807, 2.05) is 16.0 Å². The number of aromatic nitrogens is 2. The number of rotatable bonds is 3. The molecule has 2 amide bonds. The first kappa shape index (κ1) is 15.7. The van der Waals surface area contributed by atoms with Crippen molar-refractivity contribution < 1.29 is 14.0 Å². The predicted octanol–water partition coefficient (Wildman–Crippen LogP) is 2.75. The van der Waals surface area contributed by atoms with Gasteiger partial charge in [-0.05, 0) is 23.8 Å². The van der Waals surface area contributed by atoms with Crippen molar-refractivity contribution in [3.8, 4) is 0 Å². The predicted molar refractivity (Wildman–Crippen MR) is 94.2 cm³/mol. The molecule has 0 bridgehead atoms. The van der Waals surface area contributed by atoms with Crippen LogP contribution in [0.4, 0.5) is 4.39 Å². The molecule has 4 rings (SSSR count). The Labute approximate surface area is 148 Å². The Kier molecular flexibility index (Phi) is 3.94. The van der Waals surface area contributed by atoms with E-state index >= 15 is 0 Å². The first-order chi connectivity index (χ1) is 12.1. The number of amides is 2. The van der Waals surface area contributed by atoms with E-state index in [4.69, 9.17) is 0 Å². The number of hydrogen-bond acceptors (Lipinski definition) is 5. The van der Waals surface area contributed by atoms with E-state index in [-0.39, 0.29) is 18.1 Å². The van der Waals surface area contributed by atoms with Crippen molar-refractivity contribution in [3.05, 3.63) is 58.2 Å². The number of carbonyl (C=O) groups excluding carboxylic acids is 2. The van der Waals surface area contributed by atoms with Gasteiger partial charge in [-0.3, -0.25) is 24.8 Å². The number of thiazole rings is 1. The minimum absolute atomic E-state index is 0.0466. The van der Waals surface area contributed by atoms with Crippen LogP contribution in [-0.4, -0.2) is 21.2 Å². The van der Waals surface area contributed by atoms with Crippen LogP contribution in [-0.2, 0) is 11.2 Å². The van der Waals surface area contributed by atoms with Gasteiger partial charge in [-0.2, -0.15) is 0 Å². The van der Waals surface area contributed by atoms with Gasteiger partial charge in [0.05, 0.1) is 16.8 Å². The molecule has 0 radical (unpaired) electrons. The van der Waals surface area contributed by atoms with Crippen molar-refractivity contribution in [3.63, 3.8) is 0 Å². The number of halogens is 1. The third-order valence-corrected chi connectivity index (χ3v) is 5.33. The lowest BCUT2D eigenvalue weighted by molar-refractivity contribution is -0.121. The van der Waals surface area contributed by atoms with Gasteiger partial charge in [-0.25, -0.2) is 9.37 Å². The standard InChI is InChI=1S/C16H11FN4O2S2/c17-10-3-1-9(2-4-10)7-13(22)19-20-14(23)12-8-11-15(25-12)18-16-21(11)5-6-24-16/h1-6,8H,7H2,(H,19,22)(H,20,23). The maximum atomic E-state index is 12.8. The number of nitrogens with one attached hydrogen (secondary N) is 2. The molecule has 3 aromatic heterocycles. The Morgan fingerprint density at radius 2 is 2.00 bits per heavy atom. The quantitative estimate of drug-likeness (QED) is 0.542. The molecule has 6 nitrogen and oxygen atoms in total. The molecule has 0 spiro atoms. The summed E-state index contributed by atoms with van der Waals surface area (Å²) in [5, 5.41) is 1.93. The Morgan fingerprint density at radius 3 is 2.80 bits per heavy atom. The number of hydrazine groups is 1. The molecule has 0 saturated carbocycles. The van der Waals surface area contributed by atoms with Gasteiger partial charge in [0.2, 0.25) is 5.91 Å². The van der Waals surface area contributed by atoms with Crippen LogP contribution in [0.15, 0.2) is 41.9 Å². The van der Waals surface area contributed by atoms with Crippen molar-refractivity contribution in [2.75, 3.05) is 0 Å². The lowest BCUT2D eigenvalue weighted by atomic mass is 10.1. The zero-order valence-corrected chi connectivity index (χ0v) is 14.3. The van der Waals surface area contributed by atoms with Crippen LogP contribution in [0.2, 0.25) is 0 Å². The highest BCUT2D eigenvalue weighted by molar-refractivity contribution is 7.21. The van der Waals surface area contributed by atoms with Crippen molar-refractivity contribution in [1.82, 2.24) is 20.2 Å². The van der Waals surface area contributed by atoms with Crippen LogP contribution in [0, 0.1) is 5.82 Å². The van der Waals surface area contributed by atoms with Gasteiger partial charge in [0.15, 0.2) is 4.96 Å². The van der Waals surface area contributed by atoms with E-state index < -0.39 is 5.91 Å². The summed E-state index contributed by atoms with van der Waals surface area (Å²) >= 11 is 2.79. The molecule has 25 heavy (non-hydrogen) atoms. The van der Waals surface area contributed by atoms with Crippen LogP contribution in [0.1, 0.15) is 15.2 Å². The van der Waals surface area contributed by atoms with E-state index in [0.29, 0.717) is 10.4 Å². The first-order valence-corrected chi connectivity index (χ1v) is 8.98. The van der Waals surface area contributed by atoms with E-state index in [1.165, 1.54) is 46.9 Å². The number of imidazole rings is 1. The fraction of sp³-hybridized carbons (Fsp3) is 0.0625. The smallest absolute Gasteiger partial charge is 0.279 e. The second kappa shape index (κ2) is 6.26. The third kappa shape index (κ3) is 3.11. The summed E-state index contributed by atoms with van der Waals surface area (Å²) in [6, 6.07) is 7.37. The maximum Gasteiger partial charge on any atom is 0.279 e. The summed E-state index contributed by atoms with van der Waals surface area (Å²) < 4.78 is 14.8. The fourth-order valence-corrected chi connectivity index (χ4v) is 4.07. The number of benzene rings is 1. The lowest BCUT2D eigenvalue weighted by Gasteiger charge is -2.06. The van der Waals surface area contributed by atoms with Gasteiger partial charge in [-0.1, -0.05) is 12.1 Å². The Bertz CT molecular complexity index is 1080. The van der Waals surface area contributed by atoms with Crippen LogP contribution in [0.3, 0.4) is 0 Å². The molecule has 0 atom stereocenters. The van der Waals surface area contributed by atoms with Crippen LogP contribution < -0.4 is 10.9 Å². The van der Waals surface area contributed by atoms with E-state index in [0.717, 1.165) is 15.3 Å². The molecule has 4 aromatic rings. The molecule has 0 aliphatic heterocycles. The molecule has 0 aliphatic carbocycles. The fourth-order valence-electron chi connectivity index (χ4n) is 2.38. The molecule has 3 heterocycles. The lowest BCUT2D eigenvalue weighted by Crippen LogP contribution is -2.42. The highest BCUT2D eigenvalue weighted by Crippen LogP contribution is 2.27. The van der Waals surface area contributed by atoms with Crippen LogP contribution in [0.25, 0.3) is 15.3 Å². The zero-order chi connectivity index (χ0) is 17.4. The van der Waals surface area contributed by atoms with E-state index in [9.17, 15) is 14.0 Å². The van der Waals surface area contributed by atoms with E-state index in [1.54, 1.807) is 6.07 Å². The number of thiophene rings is 1. The van der Waals surface area contributed by atoms with Gasteiger partial charge >= 0.3 is 0 Å². The minimum Gasteiger partial charge on any atom is -0.289 e. The molecule has 0 fully saturated rings. The molecule has 126 valence electrons. The molecule has 0 unspecified atom stereocenters. The molecule has 1 aromatic carbocycles. The number of hydrogen-bond donors (Lipinski definition) is 2. The molecule has 0 saturated heterocycles. The van der Waals surface area contributed by atoms with E-state index in [2.05, 4.69) is 15.8 Å². The maximum absolute atomic E-state index is 12.8. The highest BCUT2D eigenvalue weighted by Gasteiger charge is 2.15. The summed E-state index contributed by atoms with van der Waals surface area (Å²) in [5.41, 5.74) is 6.27. The average molecular weight is 374 g/mol. The number of nitrogens with zero attached hydrogens (tertiary/aromatic N) is 2. The molecular weight excluding hydrogens is 363 g/mol. The molecule has 2 N–H and O–H groups in total. The highest BCUT2D eigenvalue weighted by atomic mass is 32.1. The number of fused-ring (bicyclic) bond motifs is 3. The third-order valence-electron chi connectivity index (χ3n) is 3.56. The monoisotopic (exact) mass is 374 g/mol. The Morgan fingerprint density at radius 1 is 1.20 bits per heavy atom.